The highest BCUT2D eigenvalue weighted by molar-refractivity contribution is 5.91. The molecule has 1 N–H and O–H groups in total. The van der Waals surface area contributed by atoms with Crippen molar-refractivity contribution in [1.82, 2.24) is 0 Å². The lowest BCUT2D eigenvalue weighted by atomic mass is 10.0. The van der Waals surface area contributed by atoms with E-state index in [1.807, 2.05) is 0 Å². The topological polar surface area (TPSA) is 99.1 Å². The molecule has 7 heteroatoms. The van der Waals surface area contributed by atoms with Crippen LogP contribution in [0.1, 0.15) is 16.7 Å². The standard InChI is InChI=1S/C18H18O7/c1-23-15(19)7-4-12-10-13(5-8-16(20)24-2)18(22)14(11-12)6-9-17(21)25-3/h4-11,22H,1-3H3/b7-4+,8-5+,9-6+. The molecule has 0 heterocycles. The molecule has 0 aliphatic rings. The molecule has 0 radical (unpaired) electrons. The average molecular weight is 346 g/mol. The summed E-state index contributed by atoms with van der Waals surface area (Å²) in [5, 5.41) is 10.3. The van der Waals surface area contributed by atoms with Crippen LogP contribution in [0.5, 0.6) is 5.75 Å². The summed E-state index contributed by atoms with van der Waals surface area (Å²) in [6, 6.07) is 3.09. The number of hydrogen-bond acceptors (Lipinski definition) is 7. The molecule has 1 aromatic rings. The second-order valence-corrected chi connectivity index (χ2v) is 4.62. The first-order chi connectivity index (χ1) is 11.9. The third kappa shape index (κ3) is 6.34. The van der Waals surface area contributed by atoms with Crippen LogP contribution in [0.25, 0.3) is 18.2 Å². The lowest BCUT2D eigenvalue weighted by Crippen LogP contribution is -1.95. The minimum atomic E-state index is -0.596. The summed E-state index contributed by atoms with van der Waals surface area (Å²) in [5.41, 5.74) is 1.13. The first-order valence-corrected chi connectivity index (χ1v) is 7.06. The molecule has 25 heavy (non-hydrogen) atoms. The van der Waals surface area contributed by atoms with Crippen LogP contribution in [0, 0.1) is 0 Å². The molecule has 0 atom stereocenters. The van der Waals surface area contributed by atoms with Crippen molar-refractivity contribution in [2.75, 3.05) is 21.3 Å². The number of carbonyl (C=O) groups is 3. The Labute approximate surface area is 144 Å². The molecular formula is C18H18O7. The molecule has 0 bridgehead atoms. The Morgan fingerprint density at radius 3 is 1.48 bits per heavy atom. The number of hydrogen-bond donors (Lipinski definition) is 1. The van der Waals surface area contributed by atoms with E-state index in [0.717, 1.165) is 12.2 Å². The van der Waals surface area contributed by atoms with Crippen LogP contribution in [0.4, 0.5) is 0 Å². The third-order valence-corrected chi connectivity index (χ3v) is 3.00. The maximum Gasteiger partial charge on any atom is 0.330 e. The van der Waals surface area contributed by atoms with E-state index in [1.54, 1.807) is 12.1 Å². The van der Waals surface area contributed by atoms with Crippen LogP contribution < -0.4 is 0 Å². The van der Waals surface area contributed by atoms with E-state index in [9.17, 15) is 19.5 Å². The van der Waals surface area contributed by atoms with E-state index < -0.39 is 17.9 Å². The van der Waals surface area contributed by atoms with Gasteiger partial charge < -0.3 is 19.3 Å². The van der Waals surface area contributed by atoms with Crippen molar-refractivity contribution < 1.29 is 33.7 Å². The molecule has 1 aromatic carbocycles. The molecule has 0 saturated heterocycles. The fourth-order valence-electron chi connectivity index (χ4n) is 1.74. The van der Waals surface area contributed by atoms with Crippen molar-refractivity contribution in [1.29, 1.82) is 0 Å². The Morgan fingerprint density at radius 1 is 0.760 bits per heavy atom. The van der Waals surface area contributed by atoms with Gasteiger partial charge in [0.05, 0.1) is 21.3 Å². The molecule has 0 amide bonds. The van der Waals surface area contributed by atoms with Gasteiger partial charge in [-0.1, -0.05) is 0 Å². The van der Waals surface area contributed by atoms with Gasteiger partial charge in [0.1, 0.15) is 5.75 Å². The SMILES string of the molecule is COC(=O)/C=C/c1cc(/C=C/C(=O)OC)c(O)c(/C=C/C(=O)OC)c1. The predicted molar refractivity (Wildman–Crippen MR) is 91.3 cm³/mol. The summed E-state index contributed by atoms with van der Waals surface area (Å²) in [7, 11) is 3.71. The summed E-state index contributed by atoms with van der Waals surface area (Å²) in [5.74, 6) is -1.90. The Bertz CT molecular complexity index is 695. The zero-order valence-corrected chi connectivity index (χ0v) is 14.0. The van der Waals surface area contributed by atoms with Gasteiger partial charge in [0.15, 0.2) is 0 Å². The van der Waals surface area contributed by atoms with Gasteiger partial charge in [0.25, 0.3) is 0 Å². The highest BCUT2D eigenvalue weighted by atomic mass is 16.5. The quantitative estimate of drug-likeness (QED) is 0.477. The van der Waals surface area contributed by atoms with E-state index in [-0.39, 0.29) is 5.75 Å². The molecular weight excluding hydrogens is 328 g/mol. The van der Waals surface area contributed by atoms with Gasteiger partial charge in [-0.2, -0.15) is 0 Å². The molecule has 0 spiro atoms. The van der Waals surface area contributed by atoms with Gasteiger partial charge in [-0.05, 0) is 35.9 Å². The summed E-state index contributed by atoms with van der Waals surface area (Å²) >= 11 is 0. The van der Waals surface area contributed by atoms with E-state index >= 15 is 0 Å². The first-order valence-electron chi connectivity index (χ1n) is 7.06. The van der Waals surface area contributed by atoms with Gasteiger partial charge in [0, 0.05) is 29.4 Å². The lowest BCUT2D eigenvalue weighted by Gasteiger charge is -2.06. The molecule has 0 aromatic heterocycles. The van der Waals surface area contributed by atoms with Crippen LogP contribution in [-0.4, -0.2) is 44.3 Å². The molecule has 132 valence electrons. The normalized spacial score (nSPS) is 11.2. The summed E-state index contributed by atoms with van der Waals surface area (Å²) in [6.45, 7) is 0. The highest BCUT2D eigenvalue weighted by Crippen LogP contribution is 2.28. The number of benzene rings is 1. The Balaban J connectivity index is 3.34. The predicted octanol–water partition coefficient (Wildman–Crippen LogP) is 1.95. The van der Waals surface area contributed by atoms with Crippen LogP contribution >= 0.6 is 0 Å². The molecule has 0 aliphatic carbocycles. The average Bonchev–Trinajstić information content (AvgIpc) is 2.63. The van der Waals surface area contributed by atoms with Crippen LogP contribution in [-0.2, 0) is 28.6 Å². The number of ether oxygens (including phenoxy) is 3. The lowest BCUT2D eigenvalue weighted by molar-refractivity contribution is -0.135. The monoisotopic (exact) mass is 346 g/mol. The van der Waals surface area contributed by atoms with Crippen molar-refractivity contribution in [2.45, 2.75) is 0 Å². The van der Waals surface area contributed by atoms with E-state index in [2.05, 4.69) is 14.2 Å². The number of phenols is 1. The molecule has 0 unspecified atom stereocenters. The van der Waals surface area contributed by atoms with Crippen LogP contribution in [0.15, 0.2) is 30.4 Å². The second kappa shape index (κ2) is 9.71. The maximum absolute atomic E-state index is 11.2. The number of esters is 3. The number of rotatable bonds is 6. The summed E-state index contributed by atoms with van der Waals surface area (Å²) in [6.07, 6.45) is 7.65. The Hall–Kier alpha value is -3.35. The summed E-state index contributed by atoms with van der Waals surface area (Å²) < 4.78 is 13.5. The van der Waals surface area contributed by atoms with Gasteiger partial charge in [-0.15, -0.1) is 0 Å². The minimum Gasteiger partial charge on any atom is -0.507 e. The number of carbonyl (C=O) groups excluding carboxylic acids is 3. The molecule has 7 nitrogen and oxygen atoms in total. The van der Waals surface area contributed by atoms with Crippen molar-refractivity contribution in [2.24, 2.45) is 0 Å². The molecule has 0 fully saturated rings. The third-order valence-electron chi connectivity index (χ3n) is 3.00. The zero-order valence-electron chi connectivity index (χ0n) is 14.0. The van der Waals surface area contributed by atoms with Gasteiger partial charge in [0.2, 0.25) is 0 Å². The molecule has 0 saturated carbocycles. The van der Waals surface area contributed by atoms with Crippen molar-refractivity contribution in [3.8, 4) is 5.75 Å². The minimum absolute atomic E-state index is 0.157. The second-order valence-electron chi connectivity index (χ2n) is 4.62. The van der Waals surface area contributed by atoms with E-state index in [1.165, 1.54) is 45.6 Å². The van der Waals surface area contributed by atoms with Crippen molar-refractivity contribution in [3.63, 3.8) is 0 Å². The zero-order chi connectivity index (χ0) is 18.8. The fourth-order valence-corrected chi connectivity index (χ4v) is 1.74. The van der Waals surface area contributed by atoms with Crippen molar-refractivity contribution >= 4 is 36.1 Å². The van der Waals surface area contributed by atoms with Gasteiger partial charge in [-0.25, -0.2) is 14.4 Å². The summed E-state index contributed by atoms with van der Waals surface area (Å²) in [4.78, 5) is 33.7. The highest BCUT2D eigenvalue weighted by Gasteiger charge is 2.07. The number of aromatic hydroxyl groups is 1. The number of methoxy groups -OCH3 is 3. The fraction of sp³-hybridized carbons (Fsp3) is 0.167. The smallest absolute Gasteiger partial charge is 0.330 e. The van der Waals surface area contributed by atoms with E-state index in [4.69, 9.17) is 0 Å². The van der Waals surface area contributed by atoms with Gasteiger partial charge >= 0.3 is 17.9 Å². The Kier molecular flexibility index (Phi) is 7.65. The number of phenolic OH excluding ortho intramolecular Hbond substituents is 1. The largest absolute Gasteiger partial charge is 0.507 e. The van der Waals surface area contributed by atoms with Crippen molar-refractivity contribution in [3.05, 3.63) is 47.1 Å². The van der Waals surface area contributed by atoms with Crippen LogP contribution in [0.3, 0.4) is 0 Å². The van der Waals surface area contributed by atoms with E-state index in [0.29, 0.717) is 16.7 Å². The Morgan fingerprint density at radius 2 is 1.12 bits per heavy atom. The maximum atomic E-state index is 11.2. The molecule has 1 rings (SSSR count). The van der Waals surface area contributed by atoms with Gasteiger partial charge in [-0.3, -0.25) is 0 Å². The molecule has 0 aliphatic heterocycles. The first kappa shape index (κ1) is 19.7. The van der Waals surface area contributed by atoms with Crippen LogP contribution in [0.2, 0.25) is 0 Å².